The molecule has 0 radical (unpaired) electrons. The number of guanidine groups is 1. The van der Waals surface area contributed by atoms with Crippen LogP contribution in [0.4, 0.5) is 5.82 Å². The molecule has 2 saturated heterocycles. The van der Waals surface area contributed by atoms with Gasteiger partial charge in [-0.2, -0.15) is 0 Å². The number of hydrogen-bond donors (Lipinski definition) is 2. The van der Waals surface area contributed by atoms with E-state index in [1.54, 1.807) is 7.05 Å². The van der Waals surface area contributed by atoms with Crippen LogP contribution >= 0.6 is 0 Å². The van der Waals surface area contributed by atoms with E-state index in [2.05, 4.69) is 49.5 Å². The Labute approximate surface area is 180 Å². The molecule has 3 rings (SSSR count). The number of carbonyl (C=O) groups excluding carboxylic acids is 1. The van der Waals surface area contributed by atoms with Crippen LogP contribution in [0.2, 0.25) is 0 Å². The van der Waals surface area contributed by atoms with Gasteiger partial charge in [-0.3, -0.25) is 9.79 Å². The molecular weight excluding hydrogens is 378 g/mol. The number of nitrogens with zero attached hydrogens (tertiary/aromatic N) is 5. The summed E-state index contributed by atoms with van der Waals surface area (Å²) < 4.78 is 0. The summed E-state index contributed by atoms with van der Waals surface area (Å²) in [5.41, 5.74) is 1.12. The third kappa shape index (κ3) is 5.84. The first-order valence-electron chi connectivity index (χ1n) is 11.2. The Balaban J connectivity index is 1.45. The number of anilines is 1. The molecule has 166 valence electrons. The molecule has 1 amide bonds. The van der Waals surface area contributed by atoms with E-state index in [0.29, 0.717) is 6.54 Å². The van der Waals surface area contributed by atoms with Gasteiger partial charge < -0.3 is 25.3 Å². The zero-order valence-electron chi connectivity index (χ0n) is 18.9. The Bertz CT molecular complexity index is 711. The van der Waals surface area contributed by atoms with Crippen molar-refractivity contribution in [1.29, 1.82) is 0 Å². The predicted molar refractivity (Wildman–Crippen MR) is 122 cm³/mol. The van der Waals surface area contributed by atoms with Gasteiger partial charge in [0.05, 0.1) is 0 Å². The van der Waals surface area contributed by atoms with Gasteiger partial charge in [-0.1, -0.05) is 26.8 Å². The lowest BCUT2D eigenvalue weighted by molar-refractivity contribution is -0.133. The minimum absolute atomic E-state index is 0.0483. The first kappa shape index (κ1) is 22.3. The minimum Gasteiger partial charge on any atom is -0.354 e. The van der Waals surface area contributed by atoms with Crippen LogP contribution in [-0.2, 0) is 11.3 Å². The van der Waals surface area contributed by atoms with Gasteiger partial charge >= 0.3 is 0 Å². The van der Waals surface area contributed by atoms with E-state index < -0.39 is 0 Å². The molecule has 8 heteroatoms. The lowest BCUT2D eigenvalue weighted by Crippen LogP contribution is -2.46. The van der Waals surface area contributed by atoms with Gasteiger partial charge in [0.2, 0.25) is 5.91 Å². The second kappa shape index (κ2) is 10.6. The molecule has 1 atom stereocenters. The molecule has 0 aromatic carbocycles. The van der Waals surface area contributed by atoms with Gasteiger partial charge in [-0.05, 0) is 24.6 Å². The molecule has 0 bridgehead atoms. The quantitative estimate of drug-likeness (QED) is 0.536. The monoisotopic (exact) mass is 415 g/mol. The number of aromatic nitrogens is 1. The lowest BCUT2D eigenvalue weighted by Gasteiger charge is -2.34. The summed E-state index contributed by atoms with van der Waals surface area (Å²) in [4.78, 5) is 27.9. The highest BCUT2D eigenvalue weighted by Gasteiger charge is 2.28. The molecule has 8 nitrogen and oxygen atoms in total. The number of piperazine rings is 1. The van der Waals surface area contributed by atoms with E-state index in [1.165, 1.54) is 0 Å². The minimum atomic E-state index is 0.0483. The van der Waals surface area contributed by atoms with Crippen molar-refractivity contribution in [2.75, 3.05) is 57.8 Å². The van der Waals surface area contributed by atoms with E-state index in [-0.39, 0.29) is 17.9 Å². The third-order valence-electron chi connectivity index (χ3n) is 5.97. The second-order valence-corrected chi connectivity index (χ2v) is 8.44. The summed E-state index contributed by atoms with van der Waals surface area (Å²) in [5.74, 6) is 2.09. The number of likely N-dealkylation sites (tertiary alicyclic amines) is 1. The van der Waals surface area contributed by atoms with Crippen LogP contribution in [0.1, 0.15) is 32.8 Å². The Morgan fingerprint density at radius 3 is 2.60 bits per heavy atom. The highest BCUT2D eigenvalue weighted by atomic mass is 16.2. The van der Waals surface area contributed by atoms with E-state index in [9.17, 15) is 4.79 Å². The average Bonchev–Trinajstić information content (AvgIpc) is 3.25. The van der Waals surface area contributed by atoms with Gasteiger partial charge in [0.25, 0.3) is 0 Å². The molecular formula is C22H37N7O. The standard InChI is InChI=1S/C22H37N7O/c1-5-27-10-12-28(13-11-27)20-7-6-18(14-24-20)15-25-22(23-4)26-19-8-9-29(16-19)21(30)17(2)3/h6-7,14,17,19H,5,8-13,15-16H2,1-4H3,(H2,23,25,26). The molecule has 1 aromatic heterocycles. The zero-order valence-corrected chi connectivity index (χ0v) is 18.9. The van der Waals surface area contributed by atoms with E-state index in [0.717, 1.165) is 69.6 Å². The lowest BCUT2D eigenvalue weighted by atomic mass is 10.2. The van der Waals surface area contributed by atoms with Crippen LogP contribution in [0.25, 0.3) is 0 Å². The molecule has 3 heterocycles. The summed E-state index contributed by atoms with van der Waals surface area (Å²) >= 11 is 0. The van der Waals surface area contributed by atoms with Crippen molar-refractivity contribution < 1.29 is 4.79 Å². The molecule has 2 N–H and O–H groups in total. The SMILES string of the molecule is CCN1CCN(c2ccc(CNC(=NC)NC3CCN(C(=O)C(C)C)C3)cn2)CC1. The maximum atomic E-state index is 12.2. The average molecular weight is 416 g/mol. The molecule has 0 aliphatic carbocycles. The summed E-state index contributed by atoms with van der Waals surface area (Å²) in [6, 6.07) is 4.48. The van der Waals surface area contributed by atoms with Crippen molar-refractivity contribution in [3.05, 3.63) is 23.9 Å². The zero-order chi connectivity index (χ0) is 21.5. The molecule has 2 fully saturated rings. The second-order valence-electron chi connectivity index (χ2n) is 8.44. The summed E-state index contributed by atoms with van der Waals surface area (Å²) in [7, 11) is 1.78. The van der Waals surface area contributed by atoms with Crippen LogP contribution in [0.5, 0.6) is 0 Å². The summed E-state index contributed by atoms with van der Waals surface area (Å²) in [6.07, 6.45) is 2.89. The maximum Gasteiger partial charge on any atom is 0.225 e. The summed E-state index contributed by atoms with van der Waals surface area (Å²) in [6.45, 7) is 13.7. The fourth-order valence-corrected chi connectivity index (χ4v) is 4.02. The van der Waals surface area contributed by atoms with Crippen molar-refractivity contribution in [1.82, 2.24) is 25.4 Å². The first-order valence-corrected chi connectivity index (χ1v) is 11.2. The van der Waals surface area contributed by atoms with Crippen molar-refractivity contribution in [2.24, 2.45) is 10.9 Å². The van der Waals surface area contributed by atoms with Crippen molar-refractivity contribution >= 4 is 17.7 Å². The molecule has 1 aromatic rings. The van der Waals surface area contributed by atoms with Crippen LogP contribution in [0.15, 0.2) is 23.3 Å². The first-order chi connectivity index (χ1) is 14.5. The number of rotatable bonds is 6. The Kier molecular flexibility index (Phi) is 7.90. The van der Waals surface area contributed by atoms with Crippen molar-refractivity contribution in [3.63, 3.8) is 0 Å². The van der Waals surface area contributed by atoms with Gasteiger partial charge in [-0.15, -0.1) is 0 Å². The van der Waals surface area contributed by atoms with Crippen LogP contribution in [0.3, 0.4) is 0 Å². The fraction of sp³-hybridized carbons (Fsp3) is 0.682. The molecule has 1 unspecified atom stereocenters. The fourth-order valence-electron chi connectivity index (χ4n) is 4.02. The molecule has 2 aliphatic rings. The highest BCUT2D eigenvalue weighted by Crippen LogP contribution is 2.15. The Morgan fingerprint density at radius 1 is 1.23 bits per heavy atom. The molecule has 0 saturated carbocycles. The molecule has 0 spiro atoms. The maximum absolute atomic E-state index is 12.2. The molecule has 2 aliphatic heterocycles. The largest absolute Gasteiger partial charge is 0.354 e. The predicted octanol–water partition coefficient (Wildman–Crippen LogP) is 1.15. The van der Waals surface area contributed by atoms with Crippen LogP contribution < -0.4 is 15.5 Å². The number of aliphatic imine (C=N–C) groups is 1. The van der Waals surface area contributed by atoms with Gasteiger partial charge in [-0.25, -0.2) is 4.98 Å². The highest BCUT2D eigenvalue weighted by molar-refractivity contribution is 5.81. The molecule has 30 heavy (non-hydrogen) atoms. The topological polar surface area (TPSA) is 76.1 Å². The number of amides is 1. The van der Waals surface area contributed by atoms with E-state index in [4.69, 9.17) is 0 Å². The number of nitrogens with one attached hydrogen (secondary N) is 2. The third-order valence-corrected chi connectivity index (χ3v) is 5.97. The Hall–Kier alpha value is -2.35. The van der Waals surface area contributed by atoms with E-state index >= 15 is 0 Å². The van der Waals surface area contributed by atoms with Gasteiger partial charge in [0.15, 0.2) is 5.96 Å². The Morgan fingerprint density at radius 2 is 2.00 bits per heavy atom. The van der Waals surface area contributed by atoms with Gasteiger partial charge in [0.1, 0.15) is 5.82 Å². The number of carbonyl (C=O) groups is 1. The van der Waals surface area contributed by atoms with Crippen molar-refractivity contribution in [3.8, 4) is 0 Å². The smallest absolute Gasteiger partial charge is 0.225 e. The summed E-state index contributed by atoms with van der Waals surface area (Å²) in [5, 5.41) is 6.81. The van der Waals surface area contributed by atoms with Gasteiger partial charge in [0, 0.05) is 71.0 Å². The van der Waals surface area contributed by atoms with E-state index in [1.807, 2.05) is 24.9 Å². The van der Waals surface area contributed by atoms with Crippen LogP contribution in [0, 0.1) is 5.92 Å². The normalized spacial score (nSPS) is 20.7. The van der Waals surface area contributed by atoms with Crippen molar-refractivity contribution in [2.45, 2.75) is 39.8 Å². The number of likely N-dealkylation sites (N-methyl/N-ethyl adjacent to an activating group) is 1. The number of hydrogen-bond acceptors (Lipinski definition) is 5. The van der Waals surface area contributed by atoms with Crippen LogP contribution in [-0.4, -0.2) is 85.6 Å². The number of pyridine rings is 1.